The zero-order chi connectivity index (χ0) is 8.97. The van der Waals surface area contributed by atoms with E-state index < -0.39 is 12.1 Å². The predicted molar refractivity (Wildman–Crippen MR) is 41.2 cm³/mol. The third-order valence-electron chi connectivity index (χ3n) is 1.45. The molecule has 0 radical (unpaired) electrons. The Kier molecular flexibility index (Phi) is 2.76. The molecule has 1 aromatic heterocycles. The monoisotopic (exact) mass is 167 g/mol. The number of carbonyl (C=O) groups is 1. The Labute approximate surface area is 69.8 Å². The van der Waals surface area contributed by atoms with Gasteiger partial charge in [-0.2, -0.15) is 0 Å². The maximum atomic E-state index is 10.8. The number of methoxy groups -OCH3 is 1. The van der Waals surface area contributed by atoms with E-state index in [0.29, 0.717) is 5.56 Å². The lowest BCUT2D eigenvalue weighted by atomic mass is 10.1. The zero-order valence-corrected chi connectivity index (χ0v) is 6.60. The van der Waals surface area contributed by atoms with Gasteiger partial charge in [0.1, 0.15) is 0 Å². The highest BCUT2D eigenvalue weighted by Gasteiger charge is 2.16. The summed E-state index contributed by atoms with van der Waals surface area (Å²) in [4.78, 5) is 14.6. The smallest absolute Gasteiger partial charge is 0.339 e. The van der Waals surface area contributed by atoms with Crippen LogP contribution in [0.3, 0.4) is 0 Å². The van der Waals surface area contributed by atoms with Crippen molar-refractivity contribution in [3.8, 4) is 0 Å². The molecule has 1 N–H and O–H groups in total. The number of esters is 1. The van der Waals surface area contributed by atoms with E-state index in [1.807, 2.05) is 0 Å². The van der Waals surface area contributed by atoms with E-state index in [1.165, 1.54) is 19.5 Å². The number of aliphatic hydroxyl groups excluding tert-OH is 1. The summed E-state index contributed by atoms with van der Waals surface area (Å²) in [6.07, 6.45) is 1.79. The molecule has 0 saturated carbocycles. The van der Waals surface area contributed by atoms with Crippen LogP contribution in [0.4, 0.5) is 0 Å². The first-order chi connectivity index (χ1) is 5.75. The fraction of sp³-hybridized carbons (Fsp3) is 0.250. The highest BCUT2D eigenvalue weighted by atomic mass is 16.5. The topological polar surface area (TPSA) is 59.4 Å². The minimum absolute atomic E-state index is 0.483. The number of rotatable bonds is 2. The van der Waals surface area contributed by atoms with Crippen molar-refractivity contribution < 1.29 is 14.6 Å². The van der Waals surface area contributed by atoms with Crippen molar-refractivity contribution in [2.75, 3.05) is 7.11 Å². The molecule has 0 aliphatic carbocycles. The maximum absolute atomic E-state index is 10.8. The lowest BCUT2D eigenvalue weighted by molar-refractivity contribution is -0.150. The summed E-state index contributed by atoms with van der Waals surface area (Å²) in [5.41, 5.74) is 0.483. The molecule has 4 nitrogen and oxygen atoms in total. The molecule has 0 saturated heterocycles. The van der Waals surface area contributed by atoms with Gasteiger partial charge < -0.3 is 9.84 Å². The molecule has 4 heteroatoms. The Hall–Kier alpha value is -1.42. The van der Waals surface area contributed by atoms with E-state index in [9.17, 15) is 9.90 Å². The molecule has 12 heavy (non-hydrogen) atoms. The lowest BCUT2D eigenvalue weighted by Gasteiger charge is -2.06. The quantitative estimate of drug-likeness (QED) is 0.643. The molecule has 1 aromatic rings. The van der Waals surface area contributed by atoms with E-state index in [4.69, 9.17) is 0 Å². The van der Waals surface area contributed by atoms with Gasteiger partial charge >= 0.3 is 5.97 Å². The van der Waals surface area contributed by atoms with Gasteiger partial charge in [0.15, 0.2) is 6.10 Å². The Bertz CT molecular complexity index is 260. The van der Waals surface area contributed by atoms with Gasteiger partial charge in [-0.15, -0.1) is 0 Å². The molecule has 0 aliphatic heterocycles. The lowest BCUT2D eigenvalue weighted by Crippen LogP contribution is -2.13. The van der Waals surface area contributed by atoms with Crippen molar-refractivity contribution >= 4 is 5.97 Å². The molecule has 1 rings (SSSR count). The van der Waals surface area contributed by atoms with Crippen LogP contribution in [0.5, 0.6) is 0 Å². The van der Waals surface area contributed by atoms with Crippen molar-refractivity contribution in [3.63, 3.8) is 0 Å². The zero-order valence-electron chi connectivity index (χ0n) is 6.60. The summed E-state index contributed by atoms with van der Waals surface area (Å²) in [5.74, 6) is -0.666. The molecular formula is C8H9NO3. The van der Waals surface area contributed by atoms with Gasteiger partial charge in [-0.3, -0.25) is 4.98 Å². The van der Waals surface area contributed by atoms with Gasteiger partial charge in [-0.25, -0.2) is 4.79 Å². The van der Waals surface area contributed by atoms with E-state index in [2.05, 4.69) is 9.72 Å². The molecule has 0 aliphatic rings. The second kappa shape index (κ2) is 3.82. The van der Waals surface area contributed by atoms with E-state index in [0.717, 1.165) is 0 Å². The van der Waals surface area contributed by atoms with Gasteiger partial charge in [0.25, 0.3) is 0 Å². The Morgan fingerprint density at radius 3 is 2.67 bits per heavy atom. The highest BCUT2D eigenvalue weighted by Crippen LogP contribution is 2.11. The summed E-state index contributed by atoms with van der Waals surface area (Å²) in [7, 11) is 1.23. The number of hydrogen-bond donors (Lipinski definition) is 1. The van der Waals surface area contributed by atoms with Gasteiger partial charge in [-0.1, -0.05) is 0 Å². The van der Waals surface area contributed by atoms with Crippen molar-refractivity contribution in [2.24, 2.45) is 0 Å². The van der Waals surface area contributed by atoms with Crippen LogP contribution in [0, 0.1) is 0 Å². The van der Waals surface area contributed by atoms with Crippen LogP contribution in [-0.4, -0.2) is 23.2 Å². The Morgan fingerprint density at radius 2 is 2.17 bits per heavy atom. The molecule has 1 heterocycles. The van der Waals surface area contributed by atoms with E-state index in [-0.39, 0.29) is 0 Å². The average molecular weight is 167 g/mol. The third kappa shape index (κ3) is 1.79. The number of aliphatic hydroxyl groups is 1. The summed E-state index contributed by atoms with van der Waals surface area (Å²) in [6.45, 7) is 0. The number of hydrogen-bond acceptors (Lipinski definition) is 4. The van der Waals surface area contributed by atoms with Crippen molar-refractivity contribution in [2.45, 2.75) is 6.10 Å². The summed E-state index contributed by atoms with van der Waals surface area (Å²) in [5, 5.41) is 9.29. The van der Waals surface area contributed by atoms with Crippen LogP contribution in [0.15, 0.2) is 24.5 Å². The van der Waals surface area contributed by atoms with Gasteiger partial charge in [0, 0.05) is 12.4 Å². The molecule has 1 atom stereocenters. The second-order valence-corrected chi connectivity index (χ2v) is 2.21. The van der Waals surface area contributed by atoms with Gasteiger partial charge in [0.05, 0.1) is 7.11 Å². The molecule has 64 valence electrons. The molecular weight excluding hydrogens is 158 g/mol. The SMILES string of the molecule is COC(=O)C(O)c1ccncc1. The molecule has 0 aromatic carbocycles. The van der Waals surface area contributed by atoms with E-state index in [1.54, 1.807) is 12.1 Å². The number of ether oxygens (including phenoxy) is 1. The fourth-order valence-electron chi connectivity index (χ4n) is 0.793. The largest absolute Gasteiger partial charge is 0.467 e. The molecule has 0 amide bonds. The number of nitrogens with zero attached hydrogens (tertiary/aromatic N) is 1. The number of carbonyl (C=O) groups excluding carboxylic acids is 1. The number of pyridine rings is 1. The normalized spacial score (nSPS) is 12.2. The van der Waals surface area contributed by atoms with Crippen molar-refractivity contribution in [1.82, 2.24) is 4.98 Å². The first-order valence-corrected chi connectivity index (χ1v) is 3.41. The molecule has 0 spiro atoms. The fourth-order valence-corrected chi connectivity index (χ4v) is 0.793. The van der Waals surface area contributed by atoms with E-state index >= 15 is 0 Å². The minimum Gasteiger partial charge on any atom is -0.467 e. The Morgan fingerprint density at radius 1 is 1.58 bits per heavy atom. The van der Waals surface area contributed by atoms with Crippen LogP contribution in [0.1, 0.15) is 11.7 Å². The minimum atomic E-state index is -1.21. The molecule has 0 fully saturated rings. The predicted octanol–water partition coefficient (Wildman–Crippen LogP) is 0.288. The third-order valence-corrected chi connectivity index (χ3v) is 1.45. The standard InChI is InChI=1S/C8H9NO3/c1-12-8(11)7(10)6-2-4-9-5-3-6/h2-5,7,10H,1H3. The Balaban J connectivity index is 2.78. The summed E-state index contributed by atoms with van der Waals surface area (Å²) >= 11 is 0. The van der Waals surface area contributed by atoms with Crippen LogP contribution in [0.2, 0.25) is 0 Å². The maximum Gasteiger partial charge on any atom is 0.339 e. The molecule has 0 bridgehead atoms. The molecule has 1 unspecified atom stereocenters. The van der Waals surface area contributed by atoms with Crippen molar-refractivity contribution in [3.05, 3.63) is 30.1 Å². The van der Waals surface area contributed by atoms with Crippen molar-refractivity contribution in [1.29, 1.82) is 0 Å². The number of aromatic nitrogens is 1. The van der Waals surface area contributed by atoms with Crippen LogP contribution < -0.4 is 0 Å². The van der Waals surface area contributed by atoms with Gasteiger partial charge in [0.2, 0.25) is 0 Å². The summed E-state index contributed by atoms with van der Waals surface area (Å²) < 4.78 is 4.36. The highest BCUT2D eigenvalue weighted by molar-refractivity contribution is 5.75. The first-order valence-electron chi connectivity index (χ1n) is 3.41. The van der Waals surface area contributed by atoms with Crippen LogP contribution >= 0.6 is 0 Å². The van der Waals surface area contributed by atoms with Crippen LogP contribution in [0.25, 0.3) is 0 Å². The average Bonchev–Trinajstić information content (AvgIpc) is 2.17. The van der Waals surface area contributed by atoms with Crippen LogP contribution in [-0.2, 0) is 9.53 Å². The second-order valence-electron chi connectivity index (χ2n) is 2.21. The first kappa shape index (κ1) is 8.67. The summed E-state index contributed by atoms with van der Waals surface area (Å²) in [6, 6.07) is 3.11. The van der Waals surface area contributed by atoms with Gasteiger partial charge in [-0.05, 0) is 17.7 Å².